The van der Waals surface area contributed by atoms with Crippen molar-refractivity contribution in [1.29, 1.82) is 0 Å². The molecule has 2 aromatic rings. The summed E-state index contributed by atoms with van der Waals surface area (Å²) in [5.41, 5.74) is 0.867. The third-order valence-electron chi connectivity index (χ3n) is 3.91. The van der Waals surface area contributed by atoms with Gasteiger partial charge in [0.05, 0.1) is 12.1 Å². The van der Waals surface area contributed by atoms with E-state index in [0.717, 1.165) is 5.56 Å². The van der Waals surface area contributed by atoms with Gasteiger partial charge in [0.1, 0.15) is 17.3 Å². The first-order chi connectivity index (χ1) is 12.4. The van der Waals surface area contributed by atoms with Gasteiger partial charge in [-0.25, -0.2) is 4.39 Å². The van der Waals surface area contributed by atoms with Crippen LogP contribution in [0.3, 0.4) is 0 Å². The minimum atomic E-state index is -0.561. The number of carbonyl (C=O) groups is 2. The van der Waals surface area contributed by atoms with E-state index in [0.29, 0.717) is 11.5 Å². The summed E-state index contributed by atoms with van der Waals surface area (Å²) in [4.78, 5) is 24.9. The minimum Gasteiger partial charge on any atom is -0.503 e. The van der Waals surface area contributed by atoms with Crippen molar-refractivity contribution in [2.75, 3.05) is 13.6 Å². The first-order valence-electron chi connectivity index (χ1n) is 7.92. The summed E-state index contributed by atoms with van der Waals surface area (Å²) in [5.74, 6) is -1.01. The Morgan fingerprint density at radius 1 is 1.23 bits per heavy atom. The summed E-state index contributed by atoms with van der Waals surface area (Å²) < 4.78 is 18.7. The predicted molar refractivity (Wildman–Crippen MR) is 92.1 cm³/mol. The molecular weight excluding hydrogens is 339 g/mol. The quantitative estimate of drug-likeness (QED) is 0.863. The Balaban J connectivity index is 1.58. The van der Waals surface area contributed by atoms with Crippen molar-refractivity contribution in [2.24, 2.45) is 0 Å². The van der Waals surface area contributed by atoms with Gasteiger partial charge in [0.2, 0.25) is 0 Å². The van der Waals surface area contributed by atoms with Crippen LogP contribution in [-0.4, -0.2) is 35.4 Å². The van der Waals surface area contributed by atoms with E-state index < -0.39 is 17.6 Å². The molecule has 0 saturated carbocycles. The van der Waals surface area contributed by atoms with E-state index >= 15 is 0 Å². The molecule has 0 unspecified atom stereocenters. The van der Waals surface area contributed by atoms with Crippen LogP contribution < -0.4 is 10.1 Å². The van der Waals surface area contributed by atoms with Crippen molar-refractivity contribution < 1.29 is 23.8 Å². The van der Waals surface area contributed by atoms with Gasteiger partial charge in [-0.15, -0.1) is 0 Å². The van der Waals surface area contributed by atoms with Crippen LogP contribution >= 0.6 is 0 Å². The zero-order chi connectivity index (χ0) is 18.7. The molecular formula is C19H17FN2O4. The third kappa shape index (κ3) is 3.83. The fourth-order valence-corrected chi connectivity index (χ4v) is 2.50. The normalized spacial score (nSPS) is 13.9. The molecule has 0 spiro atoms. The summed E-state index contributed by atoms with van der Waals surface area (Å²) in [6, 6.07) is 12.8. The highest BCUT2D eigenvalue weighted by Crippen LogP contribution is 2.22. The topological polar surface area (TPSA) is 78.9 Å². The first-order valence-corrected chi connectivity index (χ1v) is 7.92. The van der Waals surface area contributed by atoms with Gasteiger partial charge in [0.25, 0.3) is 11.8 Å². The molecule has 2 aromatic carbocycles. The van der Waals surface area contributed by atoms with E-state index in [4.69, 9.17) is 4.74 Å². The van der Waals surface area contributed by atoms with Gasteiger partial charge in [-0.3, -0.25) is 9.59 Å². The Hall–Kier alpha value is -3.35. The number of benzene rings is 2. The summed E-state index contributed by atoms with van der Waals surface area (Å²) in [6.07, 6.45) is 0. The van der Waals surface area contributed by atoms with Crippen molar-refractivity contribution in [1.82, 2.24) is 10.2 Å². The second kappa shape index (κ2) is 7.26. The molecule has 1 heterocycles. The second-order valence-electron chi connectivity index (χ2n) is 5.87. The number of rotatable bonds is 5. The van der Waals surface area contributed by atoms with Gasteiger partial charge in [-0.05, 0) is 29.8 Å². The molecule has 3 rings (SSSR count). The van der Waals surface area contributed by atoms with Crippen molar-refractivity contribution in [3.8, 4) is 11.5 Å². The molecule has 2 amide bonds. The van der Waals surface area contributed by atoms with Crippen LogP contribution in [0.2, 0.25) is 0 Å². The summed E-state index contributed by atoms with van der Waals surface area (Å²) in [7, 11) is 1.51. The largest absolute Gasteiger partial charge is 0.503 e. The zero-order valence-corrected chi connectivity index (χ0v) is 14.0. The van der Waals surface area contributed by atoms with Gasteiger partial charge in [-0.2, -0.15) is 0 Å². The van der Waals surface area contributed by atoms with Crippen LogP contribution in [0.4, 0.5) is 4.39 Å². The predicted octanol–water partition coefficient (Wildman–Crippen LogP) is 2.52. The average molecular weight is 356 g/mol. The molecule has 26 heavy (non-hydrogen) atoms. The molecule has 0 fully saturated rings. The number of likely N-dealkylation sites (N-methyl/N-ethyl adjacent to an activating group) is 1. The highest BCUT2D eigenvalue weighted by Gasteiger charge is 2.31. The van der Waals surface area contributed by atoms with Gasteiger partial charge in [0, 0.05) is 19.7 Å². The Labute approximate surface area is 149 Å². The second-order valence-corrected chi connectivity index (χ2v) is 5.87. The molecule has 0 radical (unpaired) electrons. The van der Waals surface area contributed by atoms with Crippen molar-refractivity contribution in [2.45, 2.75) is 6.54 Å². The van der Waals surface area contributed by atoms with Crippen molar-refractivity contribution in [3.05, 3.63) is 71.2 Å². The van der Waals surface area contributed by atoms with Gasteiger partial charge in [-0.1, -0.05) is 18.2 Å². The molecule has 0 aliphatic carbocycles. The molecule has 7 heteroatoms. The van der Waals surface area contributed by atoms with Crippen molar-refractivity contribution in [3.63, 3.8) is 0 Å². The highest BCUT2D eigenvalue weighted by molar-refractivity contribution is 6.06. The van der Waals surface area contributed by atoms with Crippen molar-refractivity contribution >= 4 is 11.8 Å². The number of carbonyl (C=O) groups excluding carboxylic acids is 2. The molecule has 134 valence electrons. The Bertz CT molecular complexity index is 877. The van der Waals surface area contributed by atoms with E-state index in [1.54, 1.807) is 36.4 Å². The van der Waals surface area contributed by atoms with Crippen LogP contribution in [-0.2, 0) is 16.1 Å². The summed E-state index contributed by atoms with van der Waals surface area (Å²) in [5, 5.41) is 12.3. The molecule has 2 N–H and O–H groups in total. The Morgan fingerprint density at radius 3 is 2.58 bits per heavy atom. The van der Waals surface area contributed by atoms with Gasteiger partial charge >= 0.3 is 0 Å². The molecule has 6 nitrogen and oxygen atoms in total. The van der Waals surface area contributed by atoms with Crippen LogP contribution in [0.1, 0.15) is 5.56 Å². The summed E-state index contributed by atoms with van der Waals surface area (Å²) in [6.45, 7) is 0.310. The Morgan fingerprint density at radius 2 is 1.96 bits per heavy atom. The molecule has 0 atom stereocenters. The lowest BCUT2D eigenvalue weighted by molar-refractivity contribution is -0.126. The monoisotopic (exact) mass is 356 g/mol. The standard InChI is InChI=1S/C19H17FN2O4/c1-22-11-16(17(23)19(22)25)18(24)21-10-12-5-7-14(8-6-12)26-15-4-2-3-13(20)9-15/h2-9,23H,10-11H2,1H3,(H,21,24). The lowest BCUT2D eigenvalue weighted by Crippen LogP contribution is -2.27. The van der Waals surface area contributed by atoms with E-state index in [1.807, 2.05) is 0 Å². The fraction of sp³-hybridized carbons (Fsp3) is 0.158. The molecule has 0 saturated heterocycles. The number of aliphatic hydroxyl groups excluding tert-OH is 1. The van der Waals surface area contributed by atoms with Crippen LogP contribution in [0.25, 0.3) is 0 Å². The number of hydrogen-bond acceptors (Lipinski definition) is 4. The lowest BCUT2D eigenvalue weighted by Gasteiger charge is -2.09. The smallest absolute Gasteiger partial charge is 0.289 e. The molecule has 1 aliphatic rings. The lowest BCUT2D eigenvalue weighted by atomic mass is 10.2. The first kappa shape index (κ1) is 17.5. The van der Waals surface area contributed by atoms with Gasteiger partial charge in [0.15, 0.2) is 5.76 Å². The number of nitrogens with one attached hydrogen (secondary N) is 1. The minimum absolute atomic E-state index is 0.0588. The van der Waals surface area contributed by atoms with E-state index in [1.165, 1.54) is 24.1 Å². The van der Waals surface area contributed by atoms with E-state index in [2.05, 4.69) is 5.32 Å². The third-order valence-corrected chi connectivity index (χ3v) is 3.91. The maximum atomic E-state index is 13.1. The SMILES string of the molecule is CN1CC(C(=O)NCc2ccc(Oc3cccc(F)c3)cc2)=C(O)C1=O. The Kier molecular flexibility index (Phi) is 4.88. The number of halogens is 1. The summed E-state index contributed by atoms with van der Waals surface area (Å²) >= 11 is 0. The molecule has 1 aliphatic heterocycles. The molecule has 0 aromatic heterocycles. The van der Waals surface area contributed by atoms with Crippen LogP contribution in [0.5, 0.6) is 11.5 Å². The maximum Gasteiger partial charge on any atom is 0.289 e. The number of aliphatic hydroxyl groups is 1. The van der Waals surface area contributed by atoms with Crippen LogP contribution in [0.15, 0.2) is 59.9 Å². The maximum absolute atomic E-state index is 13.1. The highest BCUT2D eigenvalue weighted by atomic mass is 19.1. The number of amides is 2. The van der Waals surface area contributed by atoms with E-state index in [9.17, 15) is 19.1 Å². The average Bonchev–Trinajstić information content (AvgIpc) is 2.88. The molecule has 0 bridgehead atoms. The van der Waals surface area contributed by atoms with Crippen LogP contribution in [0, 0.1) is 5.82 Å². The van der Waals surface area contributed by atoms with E-state index in [-0.39, 0.29) is 24.5 Å². The van der Waals surface area contributed by atoms with Gasteiger partial charge < -0.3 is 20.1 Å². The number of hydrogen-bond donors (Lipinski definition) is 2. The fourth-order valence-electron chi connectivity index (χ4n) is 2.50. The number of nitrogens with zero attached hydrogens (tertiary/aromatic N) is 1. The number of ether oxygens (including phenoxy) is 1. The zero-order valence-electron chi connectivity index (χ0n) is 14.0.